The van der Waals surface area contributed by atoms with Crippen LogP contribution in [0, 0.1) is 19.8 Å². The number of hydrogen-bond acceptors (Lipinski definition) is 4. The molecule has 0 aliphatic carbocycles. The minimum Gasteiger partial charge on any atom is -0.445 e. The fraction of sp³-hybridized carbons (Fsp3) is 0.387. The zero-order valence-electron chi connectivity index (χ0n) is 23.6. The Balaban J connectivity index is 2.03. The summed E-state index contributed by atoms with van der Waals surface area (Å²) in [6.07, 6.45) is 0.207. The molecule has 0 spiro atoms. The second-order valence-electron chi connectivity index (χ2n) is 11.1. The van der Waals surface area contributed by atoms with Crippen LogP contribution in [0.3, 0.4) is 0 Å². The van der Waals surface area contributed by atoms with E-state index in [0.717, 1.165) is 33.5 Å². The fourth-order valence-electron chi connectivity index (χ4n) is 4.12. The summed E-state index contributed by atoms with van der Waals surface area (Å²) in [7, 11) is 0. The highest BCUT2D eigenvalue weighted by molar-refractivity contribution is 5.96. The number of ether oxygens (including phenoxy) is 1. The van der Waals surface area contributed by atoms with Crippen molar-refractivity contribution >= 4 is 17.8 Å². The molecule has 202 valence electrons. The van der Waals surface area contributed by atoms with Gasteiger partial charge in [0, 0.05) is 28.9 Å². The number of anilines is 1. The minimum atomic E-state index is -0.501. The average molecular weight is 517 g/mol. The van der Waals surface area contributed by atoms with Crippen molar-refractivity contribution in [1.82, 2.24) is 15.6 Å². The van der Waals surface area contributed by atoms with Crippen LogP contribution in [0.2, 0.25) is 0 Å². The molecule has 1 aromatic heterocycles. The number of carbonyl (C=O) groups excluding carboxylic acids is 2. The summed E-state index contributed by atoms with van der Waals surface area (Å²) < 4.78 is 5.70. The van der Waals surface area contributed by atoms with E-state index in [-0.39, 0.29) is 12.6 Å². The molecule has 7 nitrogen and oxygen atoms in total. The lowest BCUT2D eigenvalue weighted by molar-refractivity contribution is 0.131. The number of amides is 3. The molecule has 0 aliphatic rings. The Morgan fingerprint density at radius 1 is 0.974 bits per heavy atom. The van der Waals surface area contributed by atoms with Gasteiger partial charge < -0.3 is 20.7 Å². The van der Waals surface area contributed by atoms with E-state index in [1.54, 1.807) is 0 Å². The molecule has 7 heteroatoms. The first kappa shape index (κ1) is 28.7. The van der Waals surface area contributed by atoms with Crippen LogP contribution in [0.1, 0.15) is 62.7 Å². The lowest BCUT2D eigenvalue weighted by Gasteiger charge is -2.24. The van der Waals surface area contributed by atoms with Gasteiger partial charge in [-0.3, -0.25) is 4.98 Å². The van der Waals surface area contributed by atoms with Crippen molar-refractivity contribution in [3.8, 4) is 11.1 Å². The first-order valence-electron chi connectivity index (χ1n) is 13.1. The van der Waals surface area contributed by atoms with Gasteiger partial charge >= 0.3 is 12.1 Å². The van der Waals surface area contributed by atoms with Crippen molar-refractivity contribution in [3.05, 3.63) is 82.7 Å². The number of benzene rings is 2. The first-order chi connectivity index (χ1) is 17.9. The van der Waals surface area contributed by atoms with Gasteiger partial charge in [-0.15, -0.1) is 0 Å². The first-order valence-corrected chi connectivity index (χ1v) is 13.1. The second kappa shape index (κ2) is 12.6. The van der Waals surface area contributed by atoms with E-state index < -0.39 is 11.6 Å². The van der Waals surface area contributed by atoms with Crippen LogP contribution in [-0.4, -0.2) is 22.6 Å². The van der Waals surface area contributed by atoms with Gasteiger partial charge in [0.05, 0.1) is 11.4 Å². The number of hydrogen-bond donors (Lipinski definition) is 3. The van der Waals surface area contributed by atoms with Crippen LogP contribution >= 0.6 is 0 Å². The predicted octanol–water partition coefficient (Wildman–Crippen LogP) is 6.91. The molecule has 0 bridgehead atoms. The third-order valence-corrected chi connectivity index (χ3v) is 5.87. The summed E-state index contributed by atoms with van der Waals surface area (Å²) >= 11 is 0. The van der Waals surface area contributed by atoms with Gasteiger partial charge in [0.1, 0.15) is 6.61 Å². The normalized spacial score (nSPS) is 11.3. The smallest absolute Gasteiger partial charge is 0.407 e. The van der Waals surface area contributed by atoms with Crippen LogP contribution in [0.15, 0.2) is 54.6 Å². The van der Waals surface area contributed by atoms with Crippen LogP contribution < -0.4 is 16.0 Å². The van der Waals surface area contributed by atoms with Gasteiger partial charge in [0.25, 0.3) is 0 Å². The molecule has 3 aromatic rings. The zero-order valence-corrected chi connectivity index (χ0v) is 23.6. The quantitative estimate of drug-likeness (QED) is 0.303. The Morgan fingerprint density at radius 2 is 1.63 bits per heavy atom. The maximum absolute atomic E-state index is 13.0. The average Bonchev–Trinajstić information content (AvgIpc) is 2.83. The molecule has 38 heavy (non-hydrogen) atoms. The summed E-state index contributed by atoms with van der Waals surface area (Å²) in [6, 6.07) is 17.5. The maximum atomic E-state index is 13.0. The summed E-state index contributed by atoms with van der Waals surface area (Å²) in [5.41, 5.74) is 6.37. The van der Waals surface area contributed by atoms with Gasteiger partial charge in [0.15, 0.2) is 0 Å². The maximum Gasteiger partial charge on any atom is 0.407 e. The molecule has 0 atom stereocenters. The zero-order chi connectivity index (χ0) is 27.9. The number of rotatable bonds is 8. The van der Waals surface area contributed by atoms with Gasteiger partial charge in [-0.1, -0.05) is 74.0 Å². The second-order valence-corrected chi connectivity index (χ2v) is 11.1. The summed E-state index contributed by atoms with van der Waals surface area (Å²) in [6.45, 7) is 14.3. The lowest BCUT2D eigenvalue weighted by Crippen LogP contribution is -2.40. The minimum absolute atomic E-state index is 0.0285. The summed E-state index contributed by atoms with van der Waals surface area (Å²) in [5.74, 6) is 0.336. The lowest BCUT2D eigenvalue weighted by atomic mass is 9.92. The molecule has 1 heterocycles. The largest absolute Gasteiger partial charge is 0.445 e. The van der Waals surface area contributed by atoms with Gasteiger partial charge in [0.2, 0.25) is 0 Å². The van der Waals surface area contributed by atoms with E-state index in [0.29, 0.717) is 30.3 Å². The molecule has 3 amide bonds. The summed E-state index contributed by atoms with van der Waals surface area (Å²) in [5, 5.41) is 8.82. The SMILES string of the molecule is Cc1ccc(-c2c(COC(=O)NC(C)(C)C)c(CC(C)C)nc(C)c2NC(=O)NCc2ccccc2)cc1. The number of urea groups is 1. The molecular weight excluding hydrogens is 476 g/mol. The van der Waals surface area contributed by atoms with Crippen molar-refractivity contribution in [2.75, 3.05) is 5.32 Å². The molecule has 0 saturated heterocycles. The van der Waals surface area contributed by atoms with Crippen LogP contribution in [-0.2, 0) is 24.3 Å². The van der Waals surface area contributed by atoms with E-state index in [4.69, 9.17) is 9.72 Å². The Hall–Kier alpha value is -3.87. The molecule has 0 saturated carbocycles. The molecular formula is C31H40N4O3. The molecule has 2 aromatic carbocycles. The monoisotopic (exact) mass is 516 g/mol. The number of pyridine rings is 1. The molecule has 0 radical (unpaired) electrons. The number of nitrogens with one attached hydrogen (secondary N) is 3. The predicted molar refractivity (Wildman–Crippen MR) is 153 cm³/mol. The van der Waals surface area contributed by atoms with Crippen molar-refractivity contribution in [2.24, 2.45) is 5.92 Å². The molecule has 0 unspecified atom stereocenters. The number of carbonyl (C=O) groups is 2. The van der Waals surface area contributed by atoms with Gasteiger partial charge in [-0.2, -0.15) is 0 Å². The van der Waals surface area contributed by atoms with Gasteiger partial charge in [-0.05, 0) is 58.1 Å². The Kier molecular flexibility index (Phi) is 9.50. The van der Waals surface area contributed by atoms with E-state index in [1.807, 2.05) is 89.2 Å². The van der Waals surface area contributed by atoms with Crippen LogP contribution in [0.5, 0.6) is 0 Å². The van der Waals surface area contributed by atoms with Gasteiger partial charge in [-0.25, -0.2) is 9.59 Å². The molecule has 3 rings (SSSR count). The highest BCUT2D eigenvalue weighted by Gasteiger charge is 2.23. The number of alkyl carbamates (subject to hydrolysis) is 1. The molecule has 0 aliphatic heterocycles. The van der Waals surface area contributed by atoms with Crippen molar-refractivity contribution in [1.29, 1.82) is 0 Å². The highest BCUT2D eigenvalue weighted by Crippen LogP contribution is 2.37. The third-order valence-electron chi connectivity index (χ3n) is 5.87. The highest BCUT2D eigenvalue weighted by atomic mass is 16.5. The van der Waals surface area contributed by atoms with Crippen molar-refractivity contribution < 1.29 is 14.3 Å². The van der Waals surface area contributed by atoms with E-state index in [2.05, 4.69) is 29.8 Å². The number of aryl methyl sites for hydroxylation is 2. The third kappa shape index (κ3) is 8.33. The van der Waals surface area contributed by atoms with Crippen molar-refractivity contribution in [3.63, 3.8) is 0 Å². The molecule has 3 N–H and O–H groups in total. The van der Waals surface area contributed by atoms with E-state index >= 15 is 0 Å². The van der Waals surface area contributed by atoms with Crippen molar-refractivity contribution in [2.45, 2.75) is 73.6 Å². The molecule has 0 fully saturated rings. The standard InChI is InChI=1S/C31H40N4O3/c1-20(2)17-26-25(19-38-30(37)35-31(5,6)7)27(24-15-13-21(3)14-16-24)28(22(4)33-26)34-29(36)32-18-23-11-9-8-10-12-23/h8-16,20H,17-19H2,1-7H3,(H,35,37)(H2,32,34,36). The van der Waals surface area contributed by atoms with E-state index in [9.17, 15) is 9.59 Å². The Labute approximate surface area is 226 Å². The van der Waals surface area contributed by atoms with Crippen LogP contribution in [0.25, 0.3) is 11.1 Å². The number of aromatic nitrogens is 1. The Bertz CT molecular complexity index is 1250. The Morgan fingerprint density at radius 3 is 2.24 bits per heavy atom. The fourth-order valence-corrected chi connectivity index (χ4v) is 4.12. The van der Waals surface area contributed by atoms with E-state index in [1.165, 1.54) is 0 Å². The summed E-state index contributed by atoms with van der Waals surface area (Å²) in [4.78, 5) is 30.5. The number of nitrogens with zero attached hydrogens (tertiary/aromatic N) is 1. The van der Waals surface area contributed by atoms with Crippen LogP contribution in [0.4, 0.5) is 15.3 Å². The topological polar surface area (TPSA) is 92.3 Å².